The van der Waals surface area contributed by atoms with Crippen LogP contribution in [0, 0.1) is 15.5 Å². The third-order valence-electron chi connectivity index (χ3n) is 5.42. The van der Waals surface area contributed by atoms with Crippen LogP contribution in [-0.4, -0.2) is 45.0 Å². The minimum atomic E-state index is -0.685. The summed E-state index contributed by atoms with van der Waals surface area (Å²) in [6.07, 6.45) is 0.431. The van der Waals surface area contributed by atoms with Gasteiger partial charge in [0.25, 0.3) is 5.69 Å². The van der Waals surface area contributed by atoms with Gasteiger partial charge in [-0.3, -0.25) is 15.4 Å². The molecule has 0 aliphatic heterocycles. The minimum Gasteiger partial charge on any atom is -0.504 e. The summed E-state index contributed by atoms with van der Waals surface area (Å²) in [7, 11) is 1.41. The van der Waals surface area contributed by atoms with Crippen LogP contribution in [-0.2, 0) is 4.74 Å². The number of hydrogen-bond donors (Lipinski definition) is 4. The van der Waals surface area contributed by atoms with Gasteiger partial charge in [0.2, 0.25) is 0 Å². The van der Waals surface area contributed by atoms with Crippen molar-refractivity contribution in [2.45, 2.75) is 26.4 Å². The lowest BCUT2D eigenvalue weighted by molar-refractivity contribution is -0.384. The zero-order valence-corrected chi connectivity index (χ0v) is 21.6. The Hall–Kier alpha value is -5.26. The molecule has 0 aliphatic rings. The molecule has 39 heavy (non-hydrogen) atoms. The van der Waals surface area contributed by atoms with Gasteiger partial charge in [0, 0.05) is 46.6 Å². The molecular formula is C27H26N6O6. The van der Waals surface area contributed by atoms with Crippen LogP contribution in [0.15, 0.2) is 54.6 Å². The highest BCUT2D eigenvalue weighted by molar-refractivity contribution is 5.97. The van der Waals surface area contributed by atoms with Gasteiger partial charge in [-0.05, 0) is 45.0 Å². The Bertz CT molecular complexity index is 1600. The molecule has 0 spiro atoms. The summed E-state index contributed by atoms with van der Waals surface area (Å²) < 4.78 is 10.5. The Morgan fingerprint density at radius 1 is 1.13 bits per heavy atom. The van der Waals surface area contributed by atoms with E-state index in [2.05, 4.69) is 20.6 Å². The summed E-state index contributed by atoms with van der Waals surface area (Å²) >= 11 is 0. The summed E-state index contributed by atoms with van der Waals surface area (Å²) in [5.74, 6) is 0.567. The molecule has 3 aromatic carbocycles. The number of rotatable bonds is 7. The van der Waals surface area contributed by atoms with E-state index < -0.39 is 16.6 Å². The van der Waals surface area contributed by atoms with E-state index in [1.165, 1.54) is 37.4 Å². The van der Waals surface area contributed by atoms with Gasteiger partial charge in [0.05, 0.1) is 23.2 Å². The minimum absolute atomic E-state index is 0.113. The largest absolute Gasteiger partial charge is 0.504 e. The molecule has 4 aromatic rings. The van der Waals surface area contributed by atoms with Crippen molar-refractivity contribution in [1.29, 1.82) is 5.41 Å². The molecule has 0 fully saturated rings. The van der Waals surface area contributed by atoms with E-state index in [0.29, 0.717) is 39.2 Å². The number of ether oxygens (including phenoxy) is 2. The van der Waals surface area contributed by atoms with Crippen LogP contribution < -0.4 is 15.4 Å². The maximum atomic E-state index is 12.2. The van der Waals surface area contributed by atoms with E-state index in [9.17, 15) is 20.0 Å². The van der Waals surface area contributed by atoms with Gasteiger partial charge in [-0.25, -0.2) is 14.8 Å². The fraction of sp³-hybridized carbons (Fsp3) is 0.185. The average molecular weight is 531 g/mol. The summed E-state index contributed by atoms with van der Waals surface area (Å²) in [5, 5.41) is 35.8. The summed E-state index contributed by atoms with van der Waals surface area (Å²) in [4.78, 5) is 32.2. The number of nitrogens with zero attached hydrogens (tertiary/aromatic N) is 3. The number of nitro groups is 1. The van der Waals surface area contributed by atoms with Crippen molar-refractivity contribution < 1.29 is 24.3 Å². The second-order valence-electron chi connectivity index (χ2n) is 9.44. The molecule has 0 unspecified atom stereocenters. The number of fused-ring (bicyclic) bond motifs is 1. The van der Waals surface area contributed by atoms with Gasteiger partial charge >= 0.3 is 6.09 Å². The first kappa shape index (κ1) is 26.8. The first-order chi connectivity index (χ1) is 18.5. The first-order valence-corrected chi connectivity index (χ1v) is 11.7. The van der Waals surface area contributed by atoms with E-state index >= 15 is 0 Å². The van der Waals surface area contributed by atoms with Crippen LogP contribution >= 0.6 is 0 Å². The maximum Gasteiger partial charge on any atom is 0.412 e. The molecule has 4 rings (SSSR count). The number of nitro benzene ring substituents is 1. The van der Waals surface area contributed by atoms with E-state index in [4.69, 9.17) is 14.9 Å². The number of hydrogen-bond acceptors (Lipinski definition) is 10. The second kappa shape index (κ2) is 10.6. The predicted molar refractivity (Wildman–Crippen MR) is 147 cm³/mol. The number of non-ortho nitro benzene ring substituents is 1. The average Bonchev–Trinajstić information content (AvgIpc) is 2.88. The van der Waals surface area contributed by atoms with Gasteiger partial charge in [-0.1, -0.05) is 12.1 Å². The van der Waals surface area contributed by atoms with Crippen molar-refractivity contribution in [3.63, 3.8) is 0 Å². The molecule has 1 aromatic heterocycles. The van der Waals surface area contributed by atoms with Crippen molar-refractivity contribution in [1.82, 2.24) is 9.97 Å². The number of aromatic hydroxyl groups is 1. The molecule has 4 N–H and O–H groups in total. The standard InChI is InChI=1S/C27H26N6O6/c1-27(2,3)39-26(35)31-20-9-8-17(10-16(20)14-28)29-25-19-12-22(34)23(38-4)13-21(19)30-24(32-25)15-6-5-7-18(11-15)33(36)37/h5-14,28,34H,1-4H3,(H,31,35)(H,29,30,32). The van der Waals surface area contributed by atoms with Crippen LogP contribution in [0.4, 0.5) is 27.7 Å². The lowest BCUT2D eigenvalue weighted by Gasteiger charge is -2.20. The number of amides is 1. The lowest BCUT2D eigenvalue weighted by Crippen LogP contribution is -2.27. The molecule has 0 radical (unpaired) electrons. The Labute approximate surface area is 223 Å². The molecule has 0 aliphatic carbocycles. The number of phenols is 1. The number of aromatic nitrogens is 2. The Balaban J connectivity index is 1.77. The summed E-state index contributed by atoms with van der Waals surface area (Å²) in [5.41, 5.74) is 1.32. The molecule has 0 saturated carbocycles. The smallest absolute Gasteiger partial charge is 0.412 e. The number of carbonyl (C=O) groups excluding carboxylic acids is 1. The molecule has 1 amide bonds. The van der Waals surface area contributed by atoms with Crippen molar-refractivity contribution in [3.05, 3.63) is 70.3 Å². The molecule has 12 nitrogen and oxygen atoms in total. The van der Waals surface area contributed by atoms with Gasteiger partial charge in [0.1, 0.15) is 11.4 Å². The van der Waals surface area contributed by atoms with Crippen LogP contribution in [0.2, 0.25) is 0 Å². The number of carbonyl (C=O) groups is 1. The Kier molecular flexibility index (Phi) is 7.29. The van der Waals surface area contributed by atoms with Gasteiger partial charge in [-0.15, -0.1) is 0 Å². The fourth-order valence-corrected chi connectivity index (χ4v) is 3.72. The SMILES string of the molecule is COc1cc2nc(-c3cccc([N+](=O)[O-])c3)nc(Nc3ccc(NC(=O)OC(C)(C)C)c(C=N)c3)c2cc1O. The van der Waals surface area contributed by atoms with E-state index in [-0.39, 0.29) is 23.0 Å². The summed E-state index contributed by atoms with van der Waals surface area (Å²) in [6.45, 7) is 5.25. The summed E-state index contributed by atoms with van der Waals surface area (Å²) in [6, 6.07) is 13.8. The number of benzene rings is 3. The zero-order valence-electron chi connectivity index (χ0n) is 21.6. The molecule has 0 atom stereocenters. The zero-order chi connectivity index (χ0) is 28.3. The van der Waals surface area contributed by atoms with E-state index in [1.54, 1.807) is 45.0 Å². The fourth-order valence-electron chi connectivity index (χ4n) is 3.72. The normalized spacial score (nSPS) is 11.1. The van der Waals surface area contributed by atoms with Crippen molar-refractivity contribution in [3.8, 4) is 22.9 Å². The topological polar surface area (TPSA) is 173 Å². The first-order valence-electron chi connectivity index (χ1n) is 11.7. The molecule has 200 valence electrons. The molecule has 0 saturated heterocycles. The third-order valence-corrected chi connectivity index (χ3v) is 5.42. The van der Waals surface area contributed by atoms with E-state index in [1.807, 2.05) is 0 Å². The maximum absolute atomic E-state index is 12.2. The monoisotopic (exact) mass is 530 g/mol. The van der Waals surface area contributed by atoms with Crippen LogP contribution in [0.5, 0.6) is 11.5 Å². The molecular weight excluding hydrogens is 504 g/mol. The van der Waals surface area contributed by atoms with Crippen molar-refractivity contribution >= 4 is 46.1 Å². The third kappa shape index (κ3) is 6.18. The molecule has 1 heterocycles. The van der Waals surface area contributed by atoms with Crippen molar-refractivity contribution in [2.24, 2.45) is 0 Å². The van der Waals surface area contributed by atoms with Gasteiger partial charge in [0.15, 0.2) is 17.3 Å². The number of methoxy groups -OCH3 is 1. The molecule has 0 bridgehead atoms. The van der Waals surface area contributed by atoms with Gasteiger partial charge < -0.3 is 25.3 Å². The van der Waals surface area contributed by atoms with Crippen LogP contribution in [0.1, 0.15) is 26.3 Å². The number of nitrogens with one attached hydrogen (secondary N) is 3. The lowest BCUT2D eigenvalue weighted by atomic mass is 10.1. The predicted octanol–water partition coefficient (Wildman–Crippen LogP) is 6.01. The highest BCUT2D eigenvalue weighted by atomic mass is 16.6. The highest BCUT2D eigenvalue weighted by Crippen LogP contribution is 2.36. The number of anilines is 3. The van der Waals surface area contributed by atoms with Crippen LogP contribution in [0.3, 0.4) is 0 Å². The number of phenolic OH excluding ortho intramolecular Hbond substituents is 1. The Morgan fingerprint density at radius 2 is 1.90 bits per heavy atom. The highest BCUT2D eigenvalue weighted by Gasteiger charge is 2.18. The van der Waals surface area contributed by atoms with Gasteiger partial charge in [-0.2, -0.15) is 0 Å². The molecule has 12 heteroatoms. The van der Waals surface area contributed by atoms with Crippen molar-refractivity contribution in [2.75, 3.05) is 17.7 Å². The second-order valence-corrected chi connectivity index (χ2v) is 9.44. The quantitative estimate of drug-likeness (QED) is 0.127. The van der Waals surface area contributed by atoms with Crippen LogP contribution in [0.25, 0.3) is 22.3 Å². The van der Waals surface area contributed by atoms with E-state index in [0.717, 1.165) is 6.21 Å². The Morgan fingerprint density at radius 3 is 2.56 bits per heavy atom.